The molecule has 8 heteroatoms. The number of aromatic nitrogens is 4. The smallest absolute Gasteiger partial charge is 0.253 e. The van der Waals surface area contributed by atoms with Gasteiger partial charge in [-0.15, -0.1) is 5.10 Å². The van der Waals surface area contributed by atoms with Gasteiger partial charge in [-0.3, -0.25) is 9.69 Å². The highest BCUT2D eigenvalue weighted by atomic mass is 16.5. The summed E-state index contributed by atoms with van der Waals surface area (Å²) in [6, 6.07) is 15.7. The Morgan fingerprint density at radius 3 is 2.24 bits per heavy atom. The second kappa shape index (κ2) is 9.70. The maximum Gasteiger partial charge on any atom is 0.253 e. The van der Waals surface area contributed by atoms with Crippen LogP contribution in [0.1, 0.15) is 49.4 Å². The first kappa shape index (κ1) is 22.9. The van der Waals surface area contributed by atoms with E-state index in [1.54, 1.807) is 4.68 Å². The predicted molar refractivity (Wildman–Crippen MR) is 127 cm³/mol. The molecule has 1 amide bonds. The van der Waals surface area contributed by atoms with E-state index in [1.165, 1.54) is 5.56 Å². The van der Waals surface area contributed by atoms with Crippen molar-refractivity contribution in [3.8, 4) is 11.4 Å². The number of rotatable bonds is 6. The van der Waals surface area contributed by atoms with Crippen LogP contribution in [-0.4, -0.2) is 68.7 Å². The van der Waals surface area contributed by atoms with Gasteiger partial charge in [-0.05, 0) is 64.7 Å². The molecule has 1 aromatic heterocycles. The van der Waals surface area contributed by atoms with Crippen molar-refractivity contribution in [1.29, 1.82) is 0 Å². The Kier molecular flexibility index (Phi) is 6.74. The van der Waals surface area contributed by atoms with Gasteiger partial charge in [-0.25, -0.2) is 0 Å². The second-order valence-electron chi connectivity index (χ2n) is 9.33. The van der Waals surface area contributed by atoms with Gasteiger partial charge in [0.1, 0.15) is 5.75 Å². The normalized spacial score (nSPS) is 15.0. The van der Waals surface area contributed by atoms with Crippen LogP contribution < -0.4 is 4.74 Å². The summed E-state index contributed by atoms with van der Waals surface area (Å²) in [7, 11) is 0. The largest absolute Gasteiger partial charge is 0.494 e. The summed E-state index contributed by atoms with van der Waals surface area (Å²) in [6.45, 7) is 12.7. The van der Waals surface area contributed by atoms with E-state index >= 15 is 0 Å². The van der Waals surface area contributed by atoms with E-state index in [0.29, 0.717) is 26.2 Å². The van der Waals surface area contributed by atoms with Crippen molar-refractivity contribution in [3.05, 3.63) is 65.5 Å². The molecule has 0 N–H and O–H groups in total. The summed E-state index contributed by atoms with van der Waals surface area (Å²) in [5.41, 5.74) is 2.95. The van der Waals surface area contributed by atoms with Crippen molar-refractivity contribution < 1.29 is 9.53 Å². The Morgan fingerprint density at radius 1 is 0.970 bits per heavy atom. The van der Waals surface area contributed by atoms with Crippen LogP contribution >= 0.6 is 0 Å². The lowest BCUT2D eigenvalue weighted by Crippen LogP contribution is -2.48. The van der Waals surface area contributed by atoms with Gasteiger partial charge < -0.3 is 9.64 Å². The number of benzene rings is 2. The number of amides is 1. The molecule has 0 unspecified atom stereocenters. The topological polar surface area (TPSA) is 76.4 Å². The van der Waals surface area contributed by atoms with Crippen molar-refractivity contribution in [2.45, 2.75) is 39.7 Å². The lowest BCUT2D eigenvalue weighted by molar-refractivity contribution is 0.0624. The van der Waals surface area contributed by atoms with Crippen molar-refractivity contribution in [2.75, 3.05) is 32.8 Å². The summed E-state index contributed by atoms with van der Waals surface area (Å²) >= 11 is 0. The third-order valence-corrected chi connectivity index (χ3v) is 5.95. The second-order valence-corrected chi connectivity index (χ2v) is 9.33. The zero-order valence-electron chi connectivity index (χ0n) is 19.9. The summed E-state index contributed by atoms with van der Waals surface area (Å²) in [6.07, 6.45) is 0. The molecule has 33 heavy (non-hydrogen) atoms. The van der Waals surface area contributed by atoms with Crippen LogP contribution in [0.5, 0.6) is 5.75 Å². The van der Waals surface area contributed by atoms with Gasteiger partial charge in [0.15, 0.2) is 5.82 Å². The minimum Gasteiger partial charge on any atom is -0.494 e. The van der Waals surface area contributed by atoms with Gasteiger partial charge >= 0.3 is 0 Å². The molecule has 0 saturated carbocycles. The zero-order valence-corrected chi connectivity index (χ0v) is 19.9. The lowest BCUT2D eigenvalue weighted by atomic mass is 9.86. The fourth-order valence-corrected chi connectivity index (χ4v) is 3.96. The molecule has 1 aliphatic rings. The fourth-order valence-electron chi connectivity index (χ4n) is 3.96. The number of carbonyl (C=O) groups is 1. The van der Waals surface area contributed by atoms with Gasteiger partial charge in [-0.1, -0.05) is 32.9 Å². The van der Waals surface area contributed by atoms with Gasteiger partial charge in [0.25, 0.3) is 5.91 Å². The van der Waals surface area contributed by atoms with Crippen LogP contribution in [0.15, 0.2) is 48.5 Å². The molecule has 1 saturated heterocycles. The van der Waals surface area contributed by atoms with Crippen LogP contribution in [0, 0.1) is 0 Å². The Labute approximate surface area is 195 Å². The monoisotopic (exact) mass is 448 g/mol. The molecule has 0 bridgehead atoms. The minimum atomic E-state index is 0.0773. The average Bonchev–Trinajstić information content (AvgIpc) is 3.27. The van der Waals surface area contributed by atoms with Gasteiger partial charge in [0.05, 0.1) is 18.8 Å². The highest BCUT2D eigenvalue weighted by molar-refractivity contribution is 5.94. The number of ether oxygens (including phenoxy) is 1. The molecule has 0 aliphatic carbocycles. The van der Waals surface area contributed by atoms with Crippen LogP contribution in [0.2, 0.25) is 0 Å². The number of tetrazole rings is 1. The Balaban J connectivity index is 1.35. The zero-order chi connectivity index (χ0) is 23.4. The highest BCUT2D eigenvalue weighted by Crippen LogP contribution is 2.23. The minimum absolute atomic E-state index is 0.0773. The molecular weight excluding hydrogens is 416 g/mol. The number of nitrogens with zero attached hydrogens (tertiary/aromatic N) is 6. The van der Waals surface area contributed by atoms with Gasteiger partial charge in [-0.2, -0.15) is 4.68 Å². The third-order valence-electron chi connectivity index (χ3n) is 5.95. The summed E-state index contributed by atoms with van der Waals surface area (Å²) in [4.78, 5) is 17.2. The van der Waals surface area contributed by atoms with Gasteiger partial charge in [0.2, 0.25) is 0 Å². The molecule has 1 fully saturated rings. The molecule has 2 aromatic carbocycles. The molecule has 0 atom stereocenters. The van der Waals surface area contributed by atoms with Gasteiger partial charge in [0, 0.05) is 31.7 Å². The first-order valence-electron chi connectivity index (χ1n) is 11.5. The molecule has 0 radical (unpaired) electrons. The molecule has 8 nitrogen and oxygen atoms in total. The number of piperazine rings is 1. The fraction of sp³-hybridized carbons (Fsp3) is 0.440. The van der Waals surface area contributed by atoms with Crippen molar-refractivity contribution in [1.82, 2.24) is 30.0 Å². The molecule has 0 spiro atoms. The van der Waals surface area contributed by atoms with Crippen molar-refractivity contribution >= 4 is 5.91 Å². The first-order valence-corrected chi connectivity index (χ1v) is 11.5. The van der Waals surface area contributed by atoms with E-state index in [0.717, 1.165) is 35.9 Å². The maximum atomic E-state index is 13.0. The Bertz CT molecular complexity index is 1060. The molecule has 4 rings (SSSR count). The Hall–Kier alpha value is -3.26. The van der Waals surface area contributed by atoms with Crippen LogP contribution in [0.25, 0.3) is 5.69 Å². The molecular formula is C25H32N6O2. The van der Waals surface area contributed by atoms with E-state index in [4.69, 9.17) is 4.74 Å². The molecule has 1 aliphatic heterocycles. The number of hydrogen-bond donors (Lipinski definition) is 0. The SMILES string of the molecule is CCOc1ccc(-n2nnnc2CN2CCN(C(=O)c3ccc(C(C)(C)C)cc3)CC2)cc1. The van der Waals surface area contributed by atoms with Crippen LogP contribution in [-0.2, 0) is 12.0 Å². The standard InChI is InChI=1S/C25H32N6O2/c1-5-33-22-12-10-21(11-13-22)31-23(26-27-28-31)18-29-14-16-30(17-15-29)24(32)19-6-8-20(9-7-19)25(2,3)4/h6-13H,5,14-18H2,1-4H3. The molecule has 174 valence electrons. The summed E-state index contributed by atoms with van der Waals surface area (Å²) in [5.74, 6) is 1.69. The average molecular weight is 449 g/mol. The van der Waals surface area contributed by atoms with E-state index in [2.05, 4.69) is 53.3 Å². The molecule has 2 heterocycles. The van der Waals surface area contributed by atoms with E-state index in [1.807, 2.05) is 48.2 Å². The predicted octanol–water partition coefficient (Wildman–Crippen LogP) is 3.32. The Morgan fingerprint density at radius 2 is 1.64 bits per heavy atom. The molecule has 3 aromatic rings. The van der Waals surface area contributed by atoms with Crippen LogP contribution in [0.4, 0.5) is 0 Å². The number of carbonyl (C=O) groups excluding carboxylic acids is 1. The third kappa shape index (κ3) is 5.39. The van der Waals surface area contributed by atoms with E-state index in [9.17, 15) is 4.79 Å². The maximum absolute atomic E-state index is 13.0. The summed E-state index contributed by atoms with van der Waals surface area (Å²) in [5, 5.41) is 12.3. The quantitative estimate of drug-likeness (QED) is 0.576. The summed E-state index contributed by atoms with van der Waals surface area (Å²) < 4.78 is 7.26. The van der Waals surface area contributed by atoms with Crippen molar-refractivity contribution in [2.24, 2.45) is 0 Å². The van der Waals surface area contributed by atoms with E-state index in [-0.39, 0.29) is 11.3 Å². The van der Waals surface area contributed by atoms with Crippen LogP contribution in [0.3, 0.4) is 0 Å². The number of hydrogen-bond acceptors (Lipinski definition) is 6. The first-order chi connectivity index (χ1) is 15.8. The lowest BCUT2D eigenvalue weighted by Gasteiger charge is -2.34. The van der Waals surface area contributed by atoms with E-state index < -0.39 is 0 Å². The highest BCUT2D eigenvalue weighted by Gasteiger charge is 2.24. The van der Waals surface area contributed by atoms with Crippen molar-refractivity contribution in [3.63, 3.8) is 0 Å².